The minimum atomic E-state index is 0. The van der Waals surface area contributed by atoms with Crippen LogP contribution in [0.15, 0.2) is 4.99 Å². The normalized spacial score (nSPS) is 27.0. The highest BCUT2D eigenvalue weighted by molar-refractivity contribution is 14.0. The molecule has 0 bridgehead atoms. The zero-order valence-corrected chi connectivity index (χ0v) is 19.8. The Balaban J connectivity index is 0.00000261. The van der Waals surface area contributed by atoms with Gasteiger partial charge in [-0.15, -0.1) is 24.0 Å². The summed E-state index contributed by atoms with van der Waals surface area (Å²) in [7, 11) is 6.25. The van der Waals surface area contributed by atoms with Crippen LogP contribution in [0, 0.1) is 5.92 Å². The maximum Gasteiger partial charge on any atom is 0.191 e. The van der Waals surface area contributed by atoms with Gasteiger partial charge >= 0.3 is 0 Å². The highest BCUT2D eigenvalue weighted by Gasteiger charge is 2.35. The van der Waals surface area contributed by atoms with Crippen LogP contribution in [0.1, 0.15) is 44.9 Å². The molecule has 0 radical (unpaired) electrons. The van der Waals surface area contributed by atoms with Gasteiger partial charge in [0.25, 0.3) is 0 Å². The molecule has 3 aliphatic rings. The first-order valence-corrected chi connectivity index (χ1v) is 10.6. The molecule has 3 fully saturated rings. The number of rotatable bonds is 6. The Morgan fingerprint density at radius 2 is 1.89 bits per heavy atom. The van der Waals surface area contributed by atoms with Gasteiger partial charge < -0.3 is 25.2 Å². The highest BCUT2D eigenvalue weighted by Crippen LogP contribution is 2.27. The summed E-state index contributed by atoms with van der Waals surface area (Å²) in [6.45, 7) is 6.30. The molecule has 1 aliphatic carbocycles. The lowest BCUT2D eigenvalue weighted by atomic mass is 9.88. The van der Waals surface area contributed by atoms with E-state index in [1.807, 2.05) is 7.05 Å². The van der Waals surface area contributed by atoms with Gasteiger partial charge in [0.2, 0.25) is 0 Å². The fourth-order valence-corrected chi connectivity index (χ4v) is 4.84. The van der Waals surface area contributed by atoms with Gasteiger partial charge in [-0.1, -0.05) is 12.8 Å². The quantitative estimate of drug-likeness (QED) is 0.338. The zero-order chi connectivity index (χ0) is 18.4. The van der Waals surface area contributed by atoms with Gasteiger partial charge in [0, 0.05) is 58.0 Å². The van der Waals surface area contributed by atoms with E-state index in [1.165, 1.54) is 45.2 Å². The van der Waals surface area contributed by atoms with E-state index in [2.05, 4.69) is 39.5 Å². The third-order valence-corrected chi connectivity index (χ3v) is 6.79. The average Bonchev–Trinajstić information content (AvgIpc) is 3.31. The predicted octanol–water partition coefficient (Wildman–Crippen LogP) is 2.14. The third kappa shape index (κ3) is 6.44. The van der Waals surface area contributed by atoms with Crippen LogP contribution in [0.3, 0.4) is 0 Å². The lowest BCUT2D eigenvalue weighted by Gasteiger charge is -2.43. The number of aliphatic imine (C=N–C) groups is 1. The second-order valence-corrected chi connectivity index (χ2v) is 8.70. The Morgan fingerprint density at radius 3 is 2.52 bits per heavy atom. The van der Waals surface area contributed by atoms with Gasteiger partial charge in [-0.25, -0.2) is 0 Å². The van der Waals surface area contributed by atoms with Crippen LogP contribution < -0.4 is 10.6 Å². The van der Waals surface area contributed by atoms with E-state index in [1.54, 1.807) is 0 Å². The van der Waals surface area contributed by atoms with Crippen molar-refractivity contribution < 1.29 is 4.74 Å². The summed E-state index contributed by atoms with van der Waals surface area (Å²) in [5, 5.41) is 7.26. The number of hydrogen-bond acceptors (Lipinski definition) is 4. The summed E-state index contributed by atoms with van der Waals surface area (Å²) in [5.41, 5.74) is 0.167. The van der Waals surface area contributed by atoms with Crippen LogP contribution >= 0.6 is 24.0 Å². The molecule has 2 aliphatic heterocycles. The SMILES string of the molecule is CN=C(NCC1(N(C)C)CCOCC1)NC1CCN(CC2CCCC2)C1.I. The molecular formula is C20H40IN5O. The van der Waals surface area contributed by atoms with Crippen molar-refractivity contribution in [2.45, 2.75) is 56.5 Å². The van der Waals surface area contributed by atoms with Gasteiger partial charge in [-0.3, -0.25) is 4.99 Å². The summed E-state index contributed by atoms with van der Waals surface area (Å²) < 4.78 is 5.58. The van der Waals surface area contributed by atoms with Crippen LogP contribution in [0.25, 0.3) is 0 Å². The van der Waals surface area contributed by atoms with E-state index in [9.17, 15) is 0 Å². The van der Waals surface area contributed by atoms with Crippen LogP contribution in [-0.2, 0) is 4.74 Å². The van der Waals surface area contributed by atoms with Crippen molar-refractivity contribution in [1.82, 2.24) is 20.4 Å². The maximum atomic E-state index is 5.58. The van der Waals surface area contributed by atoms with Crippen molar-refractivity contribution in [1.29, 1.82) is 0 Å². The fourth-order valence-electron chi connectivity index (χ4n) is 4.84. The van der Waals surface area contributed by atoms with Gasteiger partial charge in [0.1, 0.15) is 0 Å². The van der Waals surface area contributed by atoms with Gasteiger partial charge in [-0.2, -0.15) is 0 Å². The van der Waals surface area contributed by atoms with E-state index < -0.39 is 0 Å². The summed E-state index contributed by atoms with van der Waals surface area (Å²) >= 11 is 0. The Morgan fingerprint density at radius 1 is 1.19 bits per heavy atom. The summed E-state index contributed by atoms with van der Waals surface area (Å²) in [6.07, 6.45) is 9.12. The standard InChI is InChI=1S/C20H39N5O.HI/c1-21-19(22-16-20(24(2)3)9-12-26-13-10-20)23-18-8-11-25(15-18)14-17-6-4-5-7-17;/h17-18H,4-16H2,1-3H3,(H2,21,22,23);1H. The summed E-state index contributed by atoms with van der Waals surface area (Å²) in [5.74, 6) is 1.89. The minimum Gasteiger partial charge on any atom is -0.381 e. The van der Waals surface area contributed by atoms with E-state index in [0.29, 0.717) is 6.04 Å². The van der Waals surface area contributed by atoms with E-state index in [4.69, 9.17) is 4.74 Å². The molecule has 0 spiro atoms. The van der Waals surface area contributed by atoms with Crippen molar-refractivity contribution in [3.05, 3.63) is 0 Å². The van der Waals surface area contributed by atoms with Crippen molar-refractivity contribution in [3.8, 4) is 0 Å². The molecule has 0 amide bonds. The van der Waals surface area contributed by atoms with Gasteiger partial charge in [0.15, 0.2) is 5.96 Å². The number of nitrogens with zero attached hydrogens (tertiary/aromatic N) is 3. The molecule has 1 saturated carbocycles. The van der Waals surface area contributed by atoms with Gasteiger partial charge in [-0.05, 0) is 52.1 Å². The minimum absolute atomic E-state index is 0. The third-order valence-electron chi connectivity index (χ3n) is 6.79. The van der Waals surface area contributed by atoms with Crippen molar-refractivity contribution >= 4 is 29.9 Å². The summed E-state index contributed by atoms with van der Waals surface area (Å²) in [6, 6.07) is 0.521. The number of hydrogen-bond donors (Lipinski definition) is 2. The molecule has 0 aromatic carbocycles. The fraction of sp³-hybridized carbons (Fsp3) is 0.950. The molecule has 27 heavy (non-hydrogen) atoms. The average molecular weight is 493 g/mol. The highest BCUT2D eigenvalue weighted by atomic mass is 127. The number of guanidine groups is 1. The number of likely N-dealkylation sites (N-methyl/N-ethyl adjacent to an activating group) is 1. The molecule has 158 valence electrons. The van der Waals surface area contributed by atoms with E-state index >= 15 is 0 Å². The molecule has 2 saturated heterocycles. The van der Waals surface area contributed by atoms with E-state index in [0.717, 1.165) is 51.0 Å². The molecule has 0 aromatic rings. The second-order valence-electron chi connectivity index (χ2n) is 8.70. The van der Waals surface area contributed by atoms with Crippen LogP contribution in [0.5, 0.6) is 0 Å². The molecule has 6 nitrogen and oxygen atoms in total. The molecule has 2 heterocycles. The number of ether oxygens (including phenoxy) is 1. The first-order valence-electron chi connectivity index (χ1n) is 10.6. The molecular weight excluding hydrogens is 453 g/mol. The number of halogens is 1. The Hall–Kier alpha value is -0.120. The smallest absolute Gasteiger partial charge is 0.191 e. The van der Waals surface area contributed by atoms with Crippen LogP contribution in [0.2, 0.25) is 0 Å². The van der Waals surface area contributed by atoms with Crippen molar-refractivity contribution in [2.75, 3.05) is 60.5 Å². The van der Waals surface area contributed by atoms with Crippen molar-refractivity contribution in [2.24, 2.45) is 10.9 Å². The lowest BCUT2D eigenvalue weighted by Crippen LogP contribution is -2.57. The Bertz CT molecular complexity index is 461. The number of nitrogens with one attached hydrogen (secondary N) is 2. The Kier molecular flexibility index (Phi) is 9.58. The molecule has 1 atom stereocenters. The van der Waals surface area contributed by atoms with Gasteiger partial charge in [0.05, 0.1) is 0 Å². The Labute approximate surface area is 182 Å². The monoisotopic (exact) mass is 493 g/mol. The largest absolute Gasteiger partial charge is 0.381 e. The molecule has 7 heteroatoms. The summed E-state index contributed by atoms with van der Waals surface area (Å²) in [4.78, 5) is 9.49. The predicted molar refractivity (Wildman–Crippen MR) is 123 cm³/mol. The van der Waals surface area contributed by atoms with Crippen LogP contribution in [0.4, 0.5) is 0 Å². The lowest BCUT2D eigenvalue weighted by molar-refractivity contribution is -0.00502. The number of likely N-dealkylation sites (tertiary alicyclic amines) is 1. The topological polar surface area (TPSA) is 52.1 Å². The maximum absolute atomic E-state index is 5.58. The first kappa shape index (κ1) is 23.2. The second kappa shape index (κ2) is 11.2. The molecule has 2 N–H and O–H groups in total. The van der Waals surface area contributed by atoms with Crippen molar-refractivity contribution in [3.63, 3.8) is 0 Å². The first-order chi connectivity index (χ1) is 12.6. The molecule has 1 unspecified atom stereocenters. The molecule has 0 aromatic heterocycles. The van der Waals surface area contributed by atoms with E-state index in [-0.39, 0.29) is 29.5 Å². The zero-order valence-electron chi connectivity index (χ0n) is 17.5. The molecule has 3 rings (SSSR count). The van der Waals surface area contributed by atoms with Crippen LogP contribution in [-0.4, -0.2) is 87.9 Å².